The third-order valence-electron chi connectivity index (χ3n) is 3.76. The molecule has 1 unspecified atom stereocenters. The number of nitrogens with one attached hydrogen (secondary N) is 1. The van der Waals surface area contributed by atoms with Crippen molar-refractivity contribution >= 4 is 28.6 Å². The number of hydrogen-bond donors (Lipinski definition) is 1. The van der Waals surface area contributed by atoms with E-state index in [-0.39, 0.29) is 6.04 Å². The predicted octanol–water partition coefficient (Wildman–Crippen LogP) is 4.08. The van der Waals surface area contributed by atoms with Crippen molar-refractivity contribution in [3.8, 4) is 5.75 Å². The van der Waals surface area contributed by atoms with Crippen molar-refractivity contribution in [2.24, 2.45) is 0 Å². The topological polar surface area (TPSA) is 51.2 Å². The fourth-order valence-corrected chi connectivity index (χ4v) is 3.05. The van der Waals surface area contributed by atoms with Gasteiger partial charge in [0.05, 0.1) is 11.6 Å². The van der Waals surface area contributed by atoms with Gasteiger partial charge in [0.15, 0.2) is 0 Å². The first-order chi connectivity index (χ1) is 10.7. The quantitative estimate of drug-likeness (QED) is 0.737. The van der Waals surface area contributed by atoms with Crippen LogP contribution in [-0.4, -0.2) is 11.1 Å². The fourth-order valence-electron chi connectivity index (χ4n) is 2.80. The molecule has 0 aliphatic carbocycles. The standard InChI is InChI=1S/C17H11ClN2O2/c18-12-6-2-1-4-10(12)16-15-11-5-3-9-19-13(11)7-8-14(15)22-17(21)20-16/h1-9,16H,(H,20,21). The number of ether oxygens (including phenoxy) is 1. The second-order valence-electron chi connectivity index (χ2n) is 5.04. The lowest BCUT2D eigenvalue weighted by atomic mass is 9.93. The van der Waals surface area contributed by atoms with Gasteiger partial charge in [-0.25, -0.2) is 4.79 Å². The molecule has 1 aromatic heterocycles. The lowest BCUT2D eigenvalue weighted by Crippen LogP contribution is -2.36. The van der Waals surface area contributed by atoms with Crippen LogP contribution in [0.1, 0.15) is 17.2 Å². The Kier molecular flexibility index (Phi) is 2.98. The SMILES string of the molecule is O=C1NC(c2ccccc2Cl)c2c(ccc3ncccc23)O1. The largest absolute Gasteiger partial charge is 0.413 e. The van der Waals surface area contributed by atoms with Crippen molar-refractivity contribution in [3.63, 3.8) is 0 Å². The number of halogens is 1. The Balaban J connectivity index is 2.02. The van der Waals surface area contributed by atoms with Crippen molar-refractivity contribution in [2.75, 3.05) is 0 Å². The molecule has 1 amide bonds. The number of hydrogen-bond acceptors (Lipinski definition) is 3. The second-order valence-corrected chi connectivity index (χ2v) is 5.44. The Labute approximate surface area is 131 Å². The molecule has 0 bridgehead atoms. The number of fused-ring (bicyclic) bond motifs is 3. The Morgan fingerprint density at radius 3 is 2.82 bits per heavy atom. The minimum absolute atomic E-state index is 0.363. The molecule has 0 fully saturated rings. The molecule has 22 heavy (non-hydrogen) atoms. The van der Waals surface area contributed by atoms with Crippen molar-refractivity contribution in [2.45, 2.75) is 6.04 Å². The average molecular weight is 311 g/mol. The summed E-state index contributed by atoms with van der Waals surface area (Å²) in [6, 6.07) is 14.5. The molecule has 0 saturated heterocycles. The zero-order valence-electron chi connectivity index (χ0n) is 11.4. The highest BCUT2D eigenvalue weighted by Crippen LogP contribution is 2.40. The van der Waals surface area contributed by atoms with Gasteiger partial charge in [-0.2, -0.15) is 0 Å². The molecule has 2 aromatic carbocycles. The predicted molar refractivity (Wildman–Crippen MR) is 84.2 cm³/mol. The number of aromatic nitrogens is 1. The highest BCUT2D eigenvalue weighted by Gasteiger charge is 2.30. The average Bonchev–Trinajstić information content (AvgIpc) is 2.54. The summed E-state index contributed by atoms with van der Waals surface area (Å²) in [5, 5.41) is 4.38. The third kappa shape index (κ3) is 2.00. The normalized spacial score (nSPS) is 16.8. The van der Waals surface area contributed by atoms with E-state index in [1.807, 2.05) is 42.5 Å². The van der Waals surface area contributed by atoms with Crippen LogP contribution in [0.15, 0.2) is 54.7 Å². The van der Waals surface area contributed by atoms with Crippen LogP contribution in [0.5, 0.6) is 5.75 Å². The molecule has 2 heterocycles. The summed E-state index contributed by atoms with van der Waals surface area (Å²) >= 11 is 6.32. The molecule has 0 saturated carbocycles. The fraction of sp³-hybridized carbons (Fsp3) is 0.0588. The van der Waals surface area contributed by atoms with Crippen molar-refractivity contribution in [1.82, 2.24) is 10.3 Å². The maximum absolute atomic E-state index is 11.9. The van der Waals surface area contributed by atoms with Crippen LogP contribution in [0.4, 0.5) is 4.79 Å². The summed E-state index contributed by atoms with van der Waals surface area (Å²) < 4.78 is 5.31. The van der Waals surface area contributed by atoms with E-state index in [2.05, 4.69) is 10.3 Å². The minimum Gasteiger partial charge on any atom is -0.410 e. The summed E-state index contributed by atoms with van der Waals surface area (Å²) in [6.07, 6.45) is 1.25. The summed E-state index contributed by atoms with van der Waals surface area (Å²) in [6.45, 7) is 0. The molecule has 5 heteroatoms. The Hall–Kier alpha value is -2.59. The van der Waals surface area contributed by atoms with Crippen LogP contribution < -0.4 is 10.1 Å². The Bertz CT molecular complexity index is 895. The highest BCUT2D eigenvalue weighted by atomic mass is 35.5. The zero-order valence-corrected chi connectivity index (χ0v) is 12.2. The number of carbonyl (C=O) groups is 1. The van der Waals surface area contributed by atoms with E-state index in [0.29, 0.717) is 10.8 Å². The molecule has 0 spiro atoms. The monoisotopic (exact) mass is 310 g/mol. The first-order valence-corrected chi connectivity index (χ1v) is 7.22. The van der Waals surface area contributed by atoms with Gasteiger partial charge in [-0.15, -0.1) is 0 Å². The molecule has 0 radical (unpaired) electrons. The van der Waals surface area contributed by atoms with Gasteiger partial charge in [0.2, 0.25) is 0 Å². The minimum atomic E-state index is -0.485. The van der Waals surface area contributed by atoms with Crippen LogP contribution in [0.3, 0.4) is 0 Å². The molecule has 4 nitrogen and oxygen atoms in total. The number of pyridine rings is 1. The summed E-state index contributed by atoms with van der Waals surface area (Å²) in [4.78, 5) is 16.2. The van der Waals surface area contributed by atoms with Crippen LogP contribution in [-0.2, 0) is 0 Å². The van der Waals surface area contributed by atoms with Gasteiger partial charge in [-0.05, 0) is 29.8 Å². The first kappa shape index (κ1) is 13.1. The van der Waals surface area contributed by atoms with Crippen LogP contribution in [0.25, 0.3) is 10.9 Å². The van der Waals surface area contributed by atoms with Gasteiger partial charge in [-0.3, -0.25) is 4.98 Å². The highest BCUT2D eigenvalue weighted by molar-refractivity contribution is 6.31. The molecule has 1 aliphatic rings. The van der Waals surface area contributed by atoms with E-state index < -0.39 is 6.09 Å². The molecular formula is C17H11ClN2O2. The van der Waals surface area contributed by atoms with Gasteiger partial charge in [0, 0.05) is 22.2 Å². The van der Waals surface area contributed by atoms with E-state index in [4.69, 9.17) is 16.3 Å². The molecular weight excluding hydrogens is 300 g/mol. The van der Waals surface area contributed by atoms with Crippen LogP contribution >= 0.6 is 11.6 Å². The van der Waals surface area contributed by atoms with E-state index in [9.17, 15) is 4.79 Å². The smallest absolute Gasteiger partial charge is 0.410 e. The molecule has 3 aromatic rings. The lowest BCUT2D eigenvalue weighted by molar-refractivity contribution is 0.191. The number of rotatable bonds is 1. The van der Waals surface area contributed by atoms with Gasteiger partial charge < -0.3 is 10.1 Å². The summed E-state index contributed by atoms with van der Waals surface area (Å²) in [5.74, 6) is 0.536. The molecule has 1 atom stereocenters. The zero-order chi connectivity index (χ0) is 15.1. The summed E-state index contributed by atoms with van der Waals surface area (Å²) in [5.41, 5.74) is 2.55. The van der Waals surface area contributed by atoms with Crippen LogP contribution in [0.2, 0.25) is 5.02 Å². The van der Waals surface area contributed by atoms with Crippen molar-refractivity contribution in [3.05, 3.63) is 70.9 Å². The Morgan fingerprint density at radius 1 is 1.09 bits per heavy atom. The van der Waals surface area contributed by atoms with E-state index in [1.165, 1.54) is 0 Å². The van der Waals surface area contributed by atoms with Crippen molar-refractivity contribution < 1.29 is 9.53 Å². The first-order valence-electron chi connectivity index (χ1n) is 6.84. The van der Waals surface area contributed by atoms with Crippen LogP contribution in [0, 0.1) is 0 Å². The third-order valence-corrected chi connectivity index (χ3v) is 4.10. The van der Waals surface area contributed by atoms with Crippen molar-refractivity contribution in [1.29, 1.82) is 0 Å². The van der Waals surface area contributed by atoms with Gasteiger partial charge in [-0.1, -0.05) is 35.9 Å². The lowest BCUT2D eigenvalue weighted by Gasteiger charge is -2.28. The van der Waals surface area contributed by atoms with Gasteiger partial charge in [0.1, 0.15) is 5.75 Å². The van der Waals surface area contributed by atoms with Gasteiger partial charge in [0.25, 0.3) is 0 Å². The Morgan fingerprint density at radius 2 is 1.95 bits per heavy atom. The van der Waals surface area contributed by atoms with E-state index in [0.717, 1.165) is 22.0 Å². The number of carbonyl (C=O) groups excluding carboxylic acids is 1. The molecule has 4 rings (SSSR count). The molecule has 1 aliphatic heterocycles. The van der Waals surface area contributed by atoms with E-state index >= 15 is 0 Å². The molecule has 108 valence electrons. The van der Waals surface area contributed by atoms with E-state index in [1.54, 1.807) is 12.3 Å². The maximum Gasteiger partial charge on any atom is 0.413 e. The second kappa shape index (κ2) is 5.00. The summed E-state index contributed by atoms with van der Waals surface area (Å²) in [7, 11) is 0. The number of amides is 1. The molecule has 1 N–H and O–H groups in total. The number of benzene rings is 2. The maximum atomic E-state index is 11.9. The number of nitrogens with zero attached hydrogens (tertiary/aromatic N) is 1. The van der Waals surface area contributed by atoms with Gasteiger partial charge >= 0.3 is 6.09 Å².